The van der Waals surface area contributed by atoms with Crippen molar-refractivity contribution in [2.75, 3.05) is 29.1 Å². The minimum atomic E-state index is -0.0967. The molecular formula is C21H23N5O2. The lowest BCUT2D eigenvalue weighted by molar-refractivity contribution is -0.114. The van der Waals surface area contributed by atoms with E-state index in [1.165, 1.54) is 6.92 Å². The molecule has 0 bridgehead atoms. The summed E-state index contributed by atoms with van der Waals surface area (Å²) in [4.78, 5) is 20.4. The number of carbonyl (C=O) groups is 1. The van der Waals surface area contributed by atoms with Gasteiger partial charge in [-0.15, -0.1) is 0 Å². The predicted molar refractivity (Wildman–Crippen MR) is 111 cm³/mol. The zero-order valence-electron chi connectivity index (χ0n) is 15.7. The maximum absolute atomic E-state index is 11.1. The Labute approximate surface area is 163 Å². The van der Waals surface area contributed by atoms with E-state index < -0.39 is 0 Å². The van der Waals surface area contributed by atoms with Crippen molar-refractivity contribution in [1.29, 1.82) is 0 Å². The third kappa shape index (κ3) is 4.37. The smallest absolute Gasteiger partial charge is 0.229 e. The zero-order chi connectivity index (χ0) is 19.3. The van der Waals surface area contributed by atoms with Crippen LogP contribution in [0.1, 0.15) is 19.8 Å². The first kappa shape index (κ1) is 18.2. The van der Waals surface area contributed by atoms with Crippen LogP contribution in [-0.4, -0.2) is 35.1 Å². The van der Waals surface area contributed by atoms with Gasteiger partial charge in [-0.25, -0.2) is 4.98 Å². The first-order chi connectivity index (χ1) is 13.7. The molecular weight excluding hydrogens is 354 g/mol. The van der Waals surface area contributed by atoms with Gasteiger partial charge in [0.25, 0.3) is 0 Å². The third-order valence-corrected chi connectivity index (χ3v) is 4.59. The Kier molecular flexibility index (Phi) is 5.34. The second kappa shape index (κ2) is 8.22. The number of hydrogen-bond donors (Lipinski definition) is 3. The van der Waals surface area contributed by atoms with E-state index in [0.29, 0.717) is 5.95 Å². The van der Waals surface area contributed by atoms with Crippen LogP contribution >= 0.6 is 0 Å². The van der Waals surface area contributed by atoms with E-state index in [2.05, 4.69) is 25.9 Å². The van der Waals surface area contributed by atoms with Gasteiger partial charge in [0.05, 0.1) is 11.6 Å². The molecule has 3 N–H and O–H groups in total. The summed E-state index contributed by atoms with van der Waals surface area (Å²) in [6.07, 6.45) is 2.41. The van der Waals surface area contributed by atoms with Gasteiger partial charge in [0, 0.05) is 36.8 Å². The summed E-state index contributed by atoms with van der Waals surface area (Å²) in [6.45, 7) is 3.05. The molecule has 2 aromatic carbocycles. The van der Waals surface area contributed by atoms with Gasteiger partial charge in [-0.05, 0) is 49.2 Å². The van der Waals surface area contributed by atoms with Crippen molar-refractivity contribution >= 4 is 40.0 Å². The maximum atomic E-state index is 11.1. The van der Waals surface area contributed by atoms with Crippen LogP contribution in [-0.2, 0) is 9.53 Å². The molecule has 1 aliphatic rings. The van der Waals surface area contributed by atoms with Gasteiger partial charge in [0.15, 0.2) is 0 Å². The van der Waals surface area contributed by atoms with Crippen LogP contribution in [0.2, 0.25) is 0 Å². The highest BCUT2D eigenvalue weighted by atomic mass is 16.5. The number of nitrogens with zero attached hydrogens (tertiary/aromatic N) is 2. The molecule has 4 rings (SSSR count). The molecule has 3 aromatic rings. The fourth-order valence-corrected chi connectivity index (χ4v) is 3.25. The molecule has 2 heterocycles. The molecule has 0 spiro atoms. The van der Waals surface area contributed by atoms with Gasteiger partial charge in [-0.2, -0.15) is 4.98 Å². The number of fused-ring (bicyclic) bond motifs is 1. The van der Waals surface area contributed by atoms with Crippen LogP contribution in [0.5, 0.6) is 0 Å². The minimum absolute atomic E-state index is 0.0967. The van der Waals surface area contributed by atoms with Crippen molar-refractivity contribution in [1.82, 2.24) is 9.97 Å². The third-order valence-electron chi connectivity index (χ3n) is 4.59. The summed E-state index contributed by atoms with van der Waals surface area (Å²) in [6, 6.07) is 15.4. The largest absolute Gasteiger partial charge is 0.376 e. The molecule has 1 saturated heterocycles. The second-order valence-electron chi connectivity index (χ2n) is 6.81. The number of carbonyl (C=O) groups excluding carboxylic acids is 1. The van der Waals surface area contributed by atoms with Gasteiger partial charge in [-0.1, -0.05) is 12.1 Å². The van der Waals surface area contributed by atoms with E-state index in [4.69, 9.17) is 4.74 Å². The van der Waals surface area contributed by atoms with Crippen molar-refractivity contribution in [3.8, 4) is 0 Å². The maximum Gasteiger partial charge on any atom is 0.229 e. The first-order valence-electron chi connectivity index (χ1n) is 9.44. The quantitative estimate of drug-likeness (QED) is 0.603. The number of anilines is 4. The van der Waals surface area contributed by atoms with Crippen LogP contribution in [0.15, 0.2) is 48.5 Å². The summed E-state index contributed by atoms with van der Waals surface area (Å²) in [5, 5.41) is 10.4. The van der Waals surface area contributed by atoms with Crippen LogP contribution < -0.4 is 16.0 Å². The van der Waals surface area contributed by atoms with Gasteiger partial charge in [0.1, 0.15) is 5.82 Å². The van der Waals surface area contributed by atoms with E-state index in [1.54, 1.807) is 0 Å². The Morgan fingerprint density at radius 3 is 2.64 bits per heavy atom. The molecule has 0 radical (unpaired) electrons. The molecule has 7 nitrogen and oxygen atoms in total. The molecule has 1 aromatic heterocycles. The van der Waals surface area contributed by atoms with E-state index in [1.807, 2.05) is 48.5 Å². The Bertz CT molecular complexity index is 968. The van der Waals surface area contributed by atoms with E-state index >= 15 is 0 Å². The summed E-state index contributed by atoms with van der Waals surface area (Å²) in [5.74, 6) is 1.21. The van der Waals surface area contributed by atoms with Crippen molar-refractivity contribution in [2.24, 2.45) is 0 Å². The monoisotopic (exact) mass is 377 g/mol. The molecule has 1 amide bonds. The highest BCUT2D eigenvalue weighted by Gasteiger charge is 2.16. The van der Waals surface area contributed by atoms with Crippen molar-refractivity contribution in [2.45, 2.75) is 25.9 Å². The van der Waals surface area contributed by atoms with Crippen LogP contribution in [0.4, 0.5) is 23.1 Å². The summed E-state index contributed by atoms with van der Waals surface area (Å²) in [7, 11) is 0. The SMILES string of the molecule is CC(=O)Nc1ccc(Nc2nc(NC[C@@H]3CCCO3)c3ccccc3n2)cc1. The number of para-hydroxylation sites is 1. The number of nitrogens with one attached hydrogen (secondary N) is 3. The molecule has 7 heteroatoms. The number of amides is 1. The summed E-state index contributed by atoms with van der Waals surface area (Å²) in [5.41, 5.74) is 2.45. The number of benzene rings is 2. The van der Waals surface area contributed by atoms with E-state index in [-0.39, 0.29) is 12.0 Å². The van der Waals surface area contributed by atoms with Gasteiger partial charge in [0.2, 0.25) is 11.9 Å². The predicted octanol–water partition coefficient (Wildman–Crippen LogP) is 3.92. The molecule has 0 unspecified atom stereocenters. The van der Waals surface area contributed by atoms with E-state index in [0.717, 1.165) is 54.1 Å². The number of hydrogen-bond acceptors (Lipinski definition) is 6. The lowest BCUT2D eigenvalue weighted by Crippen LogP contribution is -2.19. The van der Waals surface area contributed by atoms with Gasteiger partial charge < -0.3 is 20.7 Å². The Balaban J connectivity index is 1.55. The zero-order valence-corrected chi connectivity index (χ0v) is 15.7. The standard InChI is InChI=1S/C21H23N5O2/c1-14(27)23-15-8-10-16(11-9-15)24-21-25-19-7-3-2-6-18(19)20(26-21)22-13-17-5-4-12-28-17/h2-3,6-11,17H,4-5,12-13H2,1H3,(H,23,27)(H2,22,24,25,26)/t17-/m0/s1. The number of aromatic nitrogens is 2. The average Bonchev–Trinajstić information content (AvgIpc) is 3.21. The molecule has 1 aliphatic heterocycles. The van der Waals surface area contributed by atoms with Crippen molar-refractivity contribution in [3.05, 3.63) is 48.5 Å². The Hall–Kier alpha value is -3.19. The normalized spacial score (nSPS) is 16.1. The molecule has 0 saturated carbocycles. The van der Waals surface area contributed by atoms with Crippen LogP contribution in [0.25, 0.3) is 10.9 Å². The molecule has 1 atom stereocenters. The number of rotatable bonds is 6. The summed E-state index contributed by atoms with van der Waals surface area (Å²) >= 11 is 0. The van der Waals surface area contributed by atoms with Crippen LogP contribution in [0.3, 0.4) is 0 Å². The first-order valence-corrected chi connectivity index (χ1v) is 9.44. The highest BCUT2D eigenvalue weighted by molar-refractivity contribution is 5.90. The van der Waals surface area contributed by atoms with Crippen molar-refractivity contribution < 1.29 is 9.53 Å². The highest BCUT2D eigenvalue weighted by Crippen LogP contribution is 2.25. The average molecular weight is 377 g/mol. The van der Waals surface area contributed by atoms with Gasteiger partial charge >= 0.3 is 0 Å². The second-order valence-corrected chi connectivity index (χ2v) is 6.81. The fraction of sp³-hybridized carbons (Fsp3) is 0.286. The van der Waals surface area contributed by atoms with Crippen molar-refractivity contribution in [3.63, 3.8) is 0 Å². The molecule has 1 fully saturated rings. The topological polar surface area (TPSA) is 88.2 Å². The van der Waals surface area contributed by atoms with E-state index in [9.17, 15) is 4.79 Å². The Morgan fingerprint density at radius 2 is 1.89 bits per heavy atom. The fourth-order valence-electron chi connectivity index (χ4n) is 3.25. The molecule has 0 aliphatic carbocycles. The van der Waals surface area contributed by atoms with Crippen LogP contribution in [0, 0.1) is 0 Å². The summed E-state index contributed by atoms with van der Waals surface area (Å²) < 4.78 is 5.70. The lowest BCUT2D eigenvalue weighted by Gasteiger charge is -2.14. The Morgan fingerprint density at radius 1 is 1.11 bits per heavy atom. The van der Waals surface area contributed by atoms with Gasteiger partial charge in [-0.3, -0.25) is 4.79 Å². The lowest BCUT2D eigenvalue weighted by atomic mass is 10.2. The molecule has 144 valence electrons. The minimum Gasteiger partial charge on any atom is -0.376 e. The molecule has 28 heavy (non-hydrogen) atoms. The number of ether oxygens (including phenoxy) is 1.